The quantitative estimate of drug-likeness (QED) is 0.885. The zero-order valence-electron chi connectivity index (χ0n) is 9.08. The fourth-order valence-electron chi connectivity index (χ4n) is 1.45. The minimum absolute atomic E-state index is 0.391. The predicted molar refractivity (Wildman–Crippen MR) is 66.5 cm³/mol. The topological polar surface area (TPSA) is 46.5 Å². The number of benzene rings is 1. The number of aliphatic carboxylic acids is 1. The first kappa shape index (κ1) is 11.7. The Morgan fingerprint density at radius 1 is 1.24 bits per heavy atom. The molecule has 0 aliphatic carbocycles. The summed E-state index contributed by atoms with van der Waals surface area (Å²) in [5.41, 5.74) is 0. The van der Waals surface area contributed by atoms with Crippen molar-refractivity contribution in [2.75, 3.05) is 0 Å². The van der Waals surface area contributed by atoms with Crippen LogP contribution in [0.15, 0.2) is 47.8 Å². The summed E-state index contributed by atoms with van der Waals surface area (Å²) in [4.78, 5) is 12.1. The van der Waals surface area contributed by atoms with Crippen molar-refractivity contribution in [3.05, 3.63) is 52.7 Å². The molecule has 0 aliphatic heterocycles. The molecule has 0 spiro atoms. The monoisotopic (exact) mass is 248 g/mol. The summed E-state index contributed by atoms with van der Waals surface area (Å²) >= 11 is 1.54. The van der Waals surface area contributed by atoms with Gasteiger partial charge in [-0.15, -0.1) is 11.3 Å². The smallest absolute Gasteiger partial charge is 0.345 e. The summed E-state index contributed by atoms with van der Waals surface area (Å²) in [5, 5.41) is 11.0. The molecule has 88 valence electrons. The molecule has 1 heterocycles. The Hall–Kier alpha value is -1.81. The average Bonchev–Trinajstić information content (AvgIpc) is 2.82. The highest BCUT2D eigenvalue weighted by atomic mass is 32.1. The van der Waals surface area contributed by atoms with Crippen LogP contribution in [0.25, 0.3) is 0 Å². The van der Waals surface area contributed by atoms with Crippen LogP contribution in [0, 0.1) is 0 Å². The van der Waals surface area contributed by atoms with Gasteiger partial charge in [0.15, 0.2) is 6.10 Å². The van der Waals surface area contributed by atoms with Gasteiger partial charge in [0.05, 0.1) is 0 Å². The molecule has 0 saturated heterocycles. The minimum Gasteiger partial charge on any atom is -0.478 e. The zero-order valence-corrected chi connectivity index (χ0v) is 9.89. The molecule has 0 fully saturated rings. The highest BCUT2D eigenvalue weighted by Crippen LogP contribution is 2.16. The van der Waals surface area contributed by atoms with E-state index in [9.17, 15) is 4.79 Å². The first-order valence-electron chi connectivity index (χ1n) is 5.22. The maximum atomic E-state index is 11.1. The summed E-state index contributed by atoms with van der Waals surface area (Å²) in [7, 11) is 0. The maximum absolute atomic E-state index is 11.1. The second-order valence-electron chi connectivity index (χ2n) is 3.54. The number of thiophene rings is 1. The Balaban J connectivity index is 2.06. The lowest BCUT2D eigenvalue weighted by Gasteiger charge is -2.14. The van der Waals surface area contributed by atoms with Crippen molar-refractivity contribution < 1.29 is 14.6 Å². The summed E-state index contributed by atoms with van der Waals surface area (Å²) in [6, 6.07) is 12.8. The van der Waals surface area contributed by atoms with Gasteiger partial charge in [0, 0.05) is 11.3 Å². The second kappa shape index (κ2) is 5.50. The number of rotatable bonds is 5. The number of carbonyl (C=O) groups is 1. The summed E-state index contributed by atoms with van der Waals surface area (Å²) in [5.74, 6) is -0.362. The molecule has 1 N–H and O–H groups in total. The second-order valence-corrected chi connectivity index (χ2v) is 4.57. The molecule has 17 heavy (non-hydrogen) atoms. The lowest BCUT2D eigenvalue weighted by atomic mass is 10.2. The van der Waals surface area contributed by atoms with Crippen LogP contribution in [-0.2, 0) is 11.2 Å². The van der Waals surface area contributed by atoms with Crippen LogP contribution < -0.4 is 4.74 Å². The van der Waals surface area contributed by atoms with Crippen molar-refractivity contribution in [2.45, 2.75) is 12.5 Å². The molecule has 2 aromatic rings. The number of hydrogen-bond acceptors (Lipinski definition) is 3. The van der Waals surface area contributed by atoms with Gasteiger partial charge in [0.1, 0.15) is 5.75 Å². The van der Waals surface area contributed by atoms with Gasteiger partial charge in [-0.1, -0.05) is 24.3 Å². The Morgan fingerprint density at radius 3 is 2.59 bits per heavy atom. The molecule has 0 bridgehead atoms. The van der Waals surface area contributed by atoms with Crippen molar-refractivity contribution >= 4 is 17.3 Å². The van der Waals surface area contributed by atoms with E-state index in [2.05, 4.69) is 0 Å². The normalized spacial score (nSPS) is 12.0. The van der Waals surface area contributed by atoms with Gasteiger partial charge >= 0.3 is 5.97 Å². The Kier molecular flexibility index (Phi) is 3.77. The molecule has 1 aromatic carbocycles. The molecule has 2 rings (SSSR count). The third-order valence-corrected chi connectivity index (χ3v) is 3.16. The molecular weight excluding hydrogens is 236 g/mol. The minimum atomic E-state index is -0.942. The van der Waals surface area contributed by atoms with E-state index in [0.29, 0.717) is 12.2 Å². The van der Waals surface area contributed by atoms with E-state index < -0.39 is 12.1 Å². The number of carboxylic acids is 1. The first-order chi connectivity index (χ1) is 8.25. The van der Waals surface area contributed by atoms with Crippen LogP contribution >= 0.6 is 11.3 Å². The van der Waals surface area contributed by atoms with E-state index in [1.165, 1.54) is 11.3 Å². The van der Waals surface area contributed by atoms with E-state index in [4.69, 9.17) is 9.84 Å². The lowest BCUT2D eigenvalue weighted by molar-refractivity contribution is -0.145. The van der Waals surface area contributed by atoms with Crippen LogP contribution in [0.3, 0.4) is 0 Å². The lowest BCUT2D eigenvalue weighted by Crippen LogP contribution is -2.29. The zero-order chi connectivity index (χ0) is 12.1. The summed E-state index contributed by atoms with van der Waals surface area (Å²) in [6.07, 6.45) is -0.446. The van der Waals surface area contributed by atoms with Crippen molar-refractivity contribution in [3.63, 3.8) is 0 Å². The van der Waals surface area contributed by atoms with Crippen molar-refractivity contribution in [2.24, 2.45) is 0 Å². The van der Waals surface area contributed by atoms with E-state index in [1.54, 1.807) is 12.1 Å². The number of carboxylic acid groups (broad SMARTS) is 1. The van der Waals surface area contributed by atoms with Gasteiger partial charge < -0.3 is 9.84 Å². The number of hydrogen-bond donors (Lipinski definition) is 1. The van der Waals surface area contributed by atoms with Crippen molar-refractivity contribution in [1.29, 1.82) is 0 Å². The third-order valence-electron chi connectivity index (χ3n) is 2.26. The number of para-hydroxylation sites is 1. The molecule has 3 nitrogen and oxygen atoms in total. The highest BCUT2D eigenvalue weighted by Gasteiger charge is 2.20. The van der Waals surface area contributed by atoms with Gasteiger partial charge in [-0.25, -0.2) is 4.79 Å². The molecule has 1 unspecified atom stereocenters. The molecule has 0 amide bonds. The molecule has 4 heteroatoms. The molecule has 0 saturated carbocycles. The van der Waals surface area contributed by atoms with Crippen LogP contribution in [0.4, 0.5) is 0 Å². The van der Waals surface area contributed by atoms with E-state index in [0.717, 1.165) is 4.88 Å². The van der Waals surface area contributed by atoms with Crippen LogP contribution in [0.5, 0.6) is 5.75 Å². The predicted octanol–water partition coefficient (Wildman–Crippen LogP) is 2.82. The first-order valence-corrected chi connectivity index (χ1v) is 6.10. The van der Waals surface area contributed by atoms with Gasteiger partial charge in [0.25, 0.3) is 0 Å². The van der Waals surface area contributed by atoms with Crippen LogP contribution in [0.1, 0.15) is 4.88 Å². The fraction of sp³-hybridized carbons (Fsp3) is 0.154. The standard InChI is InChI=1S/C13H12O3S/c14-13(15)12(9-11-7-4-8-17-11)16-10-5-2-1-3-6-10/h1-8,12H,9H2,(H,14,15). The van der Waals surface area contributed by atoms with Gasteiger partial charge in [0.2, 0.25) is 0 Å². The Morgan fingerprint density at radius 2 is 2.00 bits per heavy atom. The third kappa shape index (κ3) is 3.32. The number of ether oxygens (including phenoxy) is 1. The van der Waals surface area contributed by atoms with Gasteiger partial charge in [-0.2, -0.15) is 0 Å². The summed E-state index contributed by atoms with van der Waals surface area (Å²) < 4.78 is 5.46. The van der Waals surface area contributed by atoms with Crippen molar-refractivity contribution in [1.82, 2.24) is 0 Å². The summed E-state index contributed by atoms with van der Waals surface area (Å²) in [6.45, 7) is 0. The highest BCUT2D eigenvalue weighted by molar-refractivity contribution is 7.09. The molecule has 1 atom stereocenters. The Labute approximate surface area is 103 Å². The van der Waals surface area contributed by atoms with E-state index in [-0.39, 0.29) is 0 Å². The molecular formula is C13H12O3S. The fourth-order valence-corrected chi connectivity index (χ4v) is 2.19. The van der Waals surface area contributed by atoms with Crippen molar-refractivity contribution in [3.8, 4) is 5.75 Å². The maximum Gasteiger partial charge on any atom is 0.345 e. The van der Waals surface area contributed by atoms with Crippen LogP contribution in [0.2, 0.25) is 0 Å². The average molecular weight is 248 g/mol. The van der Waals surface area contributed by atoms with E-state index >= 15 is 0 Å². The van der Waals surface area contributed by atoms with E-state index in [1.807, 2.05) is 35.7 Å². The van der Waals surface area contributed by atoms with Gasteiger partial charge in [-0.05, 0) is 23.6 Å². The largest absolute Gasteiger partial charge is 0.478 e. The molecule has 0 aliphatic rings. The van der Waals surface area contributed by atoms with Gasteiger partial charge in [-0.3, -0.25) is 0 Å². The molecule has 1 aromatic heterocycles. The molecule has 0 radical (unpaired) electrons. The van der Waals surface area contributed by atoms with Crippen LogP contribution in [-0.4, -0.2) is 17.2 Å². The SMILES string of the molecule is O=C(O)C(Cc1cccs1)Oc1ccccc1. The Bertz CT molecular complexity index is 465.